The lowest BCUT2D eigenvalue weighted by Crippen LogP contribution is -2.14. The van der Waals surface area contributed by atoms with E-state index in [1.807, 2.05) is 0 Å². The Morgan fingerprint density at radius 1 is 1.35 bits per heavy atom. The fourth-order valence-electron chi connectivity index (χ4n) is 1.68. The van der Waals surface area contributed by atoms with Crippen LogP contribution in [-0.2, 0) is 6.61 Å². The van der Waals surface area contributed by atoms with E-state index in [0.29, 0.717) is 26.4 Å². The minimum Gasteiger partial charge on any atom is -0.488 e. The van der Waals surface area contributed by atoms with Gasteiger partial charge >= 0.3 is 0 Å². The number of amidine groups is 1. The molecule has 3 nitrogen and oxygen atoms in total. The maximum atomic E-state index is 13.7. The molecule has 0 saturated heterocycles. The molecule has 0 saturated carbocycles. The molecule has 0 heterocycles. The number of nitrogens with two attached hydrogens (primary N) is 1. The van der Waals surface area contributed by atoms with Gasteiger partial charge in [-0.3, -0.25) is 5.41 Å². The molecule has 0 atom stereocenters. The molecule has 0 aliphatic carbocycles. The molecule has 0 aromatic heterocycles. The monoisotopic (exact) mass is 356 g/mol. The predicted octanol–water partition coefficient (Wildman–Crippen LogP) is 4.10. The first-order chi connectivity index (χ1) is 9.49. The average molecular weight is 358 g/mol. The van der Waals surface area contributed by atoms with E-state index in [1.54, 1.807) is 30.3 Å². The fourth-order valence-corrected chi connectivity index (χ4v) is 2.28. The van der Waals surface area contributed by atoms with Gasteiger partial charge in [-0.2, -0.15) is 0 Å². The van der Waals surface area contributed by atoms with Crippen LogP contribution in [0.3, 0.4) is 0 Å². The SMILES string of the molecule is N=C(N)c1c(Cl)cccc1OCc1ccc(Br)cc1F. The van der Waals surface area contributed by atoms with Crippen LogP contribution >= 0.6 is 27.5 Å². The van der Waals surface area contributed by atoms with E-state index >= 15 is 0 Å². The van der Waals surface area contributed by atoms with Crippen molar-refractivity contribution in [1.82, 2.24) is 0 Å². The normalized spacial score (nSPS) is 10.3. The second-order valence-corrected chi connectivity index (χ2v) is 5.37. The van der Waals surface area contributed by atoms with Gasteiger partial charge in [-0.15, -0.1) is 0 Å². The van der Waals surface area contributed by atoms with Gasteiger partial charge in [0.1, 0.15) is 24.0 Å². The van der Waals surface area contributed by atoms with Crippen molar-refractivity contribution < 1.29 is 9.13 Å². The maximum Gasteiger partial charge on any atom is 0.132 e. The summed E-state index contributed by atoms with van der Waals surface area (Å²) in [4.78, 5) is 0. The number of nitrogen functional groups attached to an aromatic ring is 1. The standard InChI is InChI=1S/C14H11BrClFN2O/c15-9-5-4-8(11(17)6-9)7-20-12-3-1-2-10(16)13(12)14(18)19/h1-6H,7H2,(H3,18,19). The molecule has 0 aliphatic rings. The van der Waals surface area contributed by atoms with Crippen molar-refractivity contribution in [2.75, 3.05) is 0 Å². The summed E-state index contributed by atoms with van der Waals surface area (Å²) in [6.45, 7) is 0.0275. The number of ether oxygens (including phenoxy) is 1. The zero-order valence-electron chi connectivity index (χ0n) is 10.3. The topological polar surface area (TPSA) is 59.1 Å². The fraction of sp³-hybridized carbons (Fsp3) is 0.0714. The second kappa shape index (κ2) is 6.24. The summed E-state index contributed by atoms with van der Waals surface area (Å²) < 4.78 is 19.9. The summed E-state index contributed by atoms with van der Waals surface area (Å²) in [5.74, 6) is -0.208. The van der Waals surface area contributed by atoms with E-state index in [2.05, 4.69) is 15.9 Å². The first kappa shape index (κ1) is 14.8. The summed E-state index contributed by atoms with van der Waals surface area (Å²) in [5, 5.41) is 7.83. The molecule has 2 rings (SSSR count). The highest BCUT2D eigenvalue weighted by Gasteiger charge is 2.12. The van der Waals surface area contributed by atoms with Gasteiger partial charge in [-0.05, 0) is 24.3 Å². The van der Waals surface area contributed by atoms with Crippen molar-refractivity contribution in [1.29, 1.82) is 5.41 Å². The Morgan fingerprint density at radius 3 is 2.75 bits per heavy atom. The lowest BCUT2D eigenvalue weighted by Gasteiger charge is -2.12. The van der Waals surface area contributed by atoms with Crippen LogP contribution in [0.1, 0.15) is 11.1 Å². The van der Waals surface area contributed by atoms with Crippen LogP contribution in [0, 0.1) is 11.2 Å². The van der Waals surface area contributed by atoms with E-state index in [1.165, 1.54) is 6.07 Å². The van der Waals surface area contributed by atoms with Gasteiger partial charge in [0.05, 0.1) is 10.6 Å². The van der Waals surface area contributed by atoms with Crippen molar-refractivity contribution >= 4 is 33.4 Å². The van der Waals surface area contributed by atoms with Crippen LogP contribution in [0.4, 0.5) is 4.39 Å². The number of rotatable bonds is 4. The number of nitrogens with one attached hydrogen (secondary N) is 1. The van der Waals surface area contributed by atoms with Gasteiger partial charge in [0.2, 0.25) is 0 Å². The third kappa shape index (κ3) is 3.29. The summed E-state index contributed by atoms with van der Waals surface area (Å²) in [6, 6.07) is 9.65. The van der Waals surface area contributed by atoms with Gasteiger partial charge in [0.25, 0.3) is 0 Å². The molecule has 2 aromatic carbocycles. The van der Waals surface area contributed by atoms with Crippen LogP contribution in [0.25, 0.3) is 0 Å². The zero-order valence-corrected chi connectivity index (χ0v) is 12.6. The Balaban J connectivity index is 2.23. The van der Waals surface area contributed by atoms with Crippen LogP contribution in [-0.4, -0.2) is 5.84 Å². The maximum absolute atomic E-state index is 13.7. The van der Waals surface area contributed by atoms with Crippen LogP contribution in [0.2, 0.25) is 5.02 Å². The van der Waals surface area contributed by atoms with Crippen LogP contribution < -0.4 is 10.5 Å². The van der Waals surface area contributed by atoms with Gasteiger partial charge < -0.3 is 10.5 Å². The van der Waals surface area contributed by atoms with E-state index in [9.17, 15) is 4.39 Å². The highest BCUT2D eigenvalue weighted by Crippen LogP contribution is 2.27. The minimum absolute atomic E-state index is 0.0275. The van der Waals surface area contributed by atoms with Gasteiger partial charge in [0, 0.05) is 10.0 Å². The van der Waals surface area contributed by atoms with Crippen LogP contribution in [0.15, 0.2) is 40.9 Å². The molecule has 0 bridgehead atoms. The summed E-state index contributed by atoms with van der Waals surface area (Å²) in [6.07, 6.45) is 0. The predicted molar refractivity (Wildman–Crippen MR) is 80.9 cm³/mol. The smallest absolute Gasteiger partial charge is 0.132 e. The molecule has 0 unspecified atom stereocenters. The Hall–Kier alpha value is -1.59. The Kier molecular flexibility index (Phi) is 4.62. The molecule has 20 heavy (non-hydrogen) atoms. The first-order valence-electron chi connectivity index (χ1n) is 5.68. The van der Waals surface area contributed by atoms with Crippen molar-refractivity contribution in [3.8, 4) is 5.75 Å². The lowest BCUT2D eigenvalue weighted by molar-refractivity contribution is 0.299. The Morgan fingerprint density at radius 2 is 2.10 bits per heavy atom. The summed E-state index contributed by atoms with van der Waals surface area (Å²) in [7, 11) is 0. The molecular formula is C14H11BrClFN2O. The highest BCUT2D eigenvalue weighted by atomic mass is 79.9. The van der Waals surface area contributed by atoms with E-state index in [0.717, 1.165) is 0 Å². The largest absolute Gasteiger partial charge is 0.488 e. The molecular weight excluding hydrogens is 347 g/mol. The third-order valence-corrected chi connectivity index (χ3v) is 3.45. The van der Waals surface area contributed by atoms with Crippen LogP contribution in [0.5, 0.6) is 5.75 Å². The van der Waals surface area contributed by atoms with Crippen molar-refractivity contribution in [3.05, 3.63) is 62.8 Å². The minimum atomic E-state index is -0.370. The summed E-state index contributed by atoms with van der Waals surface area (Å²) in [5.41, 5.74) is 6.19. The number of benzene rings is 2. The third-order valence-electron chi connectivity index (χ3n) is 2.64. The molecule has 3 N–H and O–H groups in total. The first-order valence-corrected chi connectivity index (χ1v) is 6.85. The zero-order chi connectivity index (χ0) is 14.7. The van der Waals surface area contributed by atoms with E-state index < -0.39 is 0 Å². The molecule has 0 radical (unpaired) electrons. The molecule has 0 aliphatic heterocycles. The molecule has 0 spiro atoms. The molecule has 6 heteroatoms. The highest BCUT2D eigenvalue weighted by molar-refractivity contribution is 9.10. The second-order valence-electron chi connectivity index (χ2n) is 4.05. The Bertz CT molecular complexity index is 664. The van der Waals surface area contributed by atoms with Gasteiger partial charge in [0.15, 0.2) is 0 Å². The summed E-state index contributed by atoms with van der Waals surface area (Å²) >= 11 is 9.17. The molecule has 104 valence electrons. The van der Waals surface area contributed by atoms with Gasteiger partial charge in [-0.25, -0.2) is 4.39 Å². The van der Waals surface area contributed by atoms with Crippen molar-refractivity contribution in [2.45, 2.75) is 6.61 Å². The molecule has 0 amide bonds. The molecule has 0 fully saturated rings. The van der Waals surface area contributed by atoms with Crippen molar-refractivity contribution in [3.63, 3.8) is 0 Å². The van der Waals surface area contributed by atoms with E-state index in [4.69, 9.17) is 27.5 Å². The van der Waals surface area contributed by atoms with Gasteiger partial charge in [-0.1, -0.05) is 39.7 Å². The lowest BCUT2D eigenvalue weighted by atomic mass is 10.2. The quantitative estimate of drug-likeness (QED) is 0.639. The number of halogens is 3. The average Bonchev–Trinajstić information content (AvgIpc) is 2.37. The number of hydrogen-bond acceptors (Lipinski definition) is 2. The van der Waals surface area contributed by atoms with E-state index in [-0.39, 0.29) is 18.3 Å². The molecule has 2 aromatic rings. The van der Waals surface area contributed by atoms with Crippen molar-refractivity contribution in [2.24, 2.45) is 5.73 Å². The Labute approximate surface area is 129 Å². The number of hydrogen-bond donors (Lipinski definition) is 2.